The van der Waals surface area contributed by atoms with Gasteiger partial charge >= 0.3 is 6.09 Å². The van der Waals surface area contributed by atoms with Crippen LogP contribution in [0.2, 0.25) is 0 Å². The van der Waals surface area contributed by atoms with Gasteiger partial charge in [0, 0.05) is 12.5 Å². The molecule has 1 aliphatic rings. The second-order valence-electron chi connectivity index (χ2n) is 5.92. The van der Waals surface area contributed by atoms with E-state index < -0.39 is 17.9 Å². The van der Waals surface area contributed by atoms with E-state index in [1.807, 2.05) is 51.1 Å². The third-order valence-electron chi connectivity index (χ3n) is 3.13. The van der Waals surface area contributed by atoms with Crippen molar-refractivity contribution in [2.24, 2.45) is 0 Å². The van der Waals surface area contributed by atoms with Crippen LogP contribution in [-0.4, -0.2) is 35.9 Å². The number of benzene rings is 1. The first-order valence-corrected chi connectivity index (χ1v) is 6.54. The highest BCUT2D eigenvalue weighted by Gasteiger charge is 2.37. The van der Waals surface area contributed by atoms with Crippen LogP contribution in [-0.2, 0) is 4.74 Å². The molecule has 0 bridgehead atoms. The average molecular weight is 265 g/mol. The smallest absolute Gasteiger partial charge is 0.410 e. The maximum absolute atomic E-state index is 14.1. The molecule has 104 valence electrons. The van der Waals surface area contributed by atoms with E-state index in [0.29, 0.717) is 6.54 Å². The Hall–Kier alpha value is -1.58. The van der Waals surface area contributed by atoms with Crippen molar-refractivity contribution in [3.63, 3.8) is 0 Å². The van der Waals surface area contributed by atoms with Gasteiger partial charge in [-0.3, -0.25) is 0 Å². The Bertz CT molecular complexity index is 441. The monoisotopic (exact) mass is 265 g/mol. The standard InChI is InChI=1S/C15H20FNO2/c1-15(2,3)19-14(18)17-9-12(13(16)10-17)11-7-5-4-6-8-11/h4-8,12-13H,9-10H2,1-3H3/t12-,13-/m1/s1. The molecule has 2 atom stereocenters. The molecule has 1 fully saturated rings. The van der Waals surface area contributed by atoms with E-state index in [1.54, 1.807) is 0 Å². The second kappa shape index (κ2) is 5.19. The van der Waals surface area contributed by atoms with E-state index in [2.05, 4.69) is 0 Å². The first-order valence-electron chi connectivity index (χ1n) is 6.54. The summed E-state index contributed by atoms with van der Waals surface area (Å²) in [5.41, 5.74) is 0.384. The number of nitrogens with zero attached hydrogens (tertiary/aromatic N) is 1. The van der Waals surface area contributed by atoms with Crippen LogP contribution in [0.5, 0.6) is 0 Å². The fraction of sp³-hybridized carbons (Fsp3) is 0.533. The Labute approximate surface area is 113 Å². The van der Waals surface area contributed by atoms with Gasteiger partial charge in [-0.1, -0.05) is 30.3 Å². The predicted molar refractivity (Wildman–Crippen MR) is 71.9 cm³/mol. The van der Waals surface area contributed by atoms with E-state index in [-0.39, 0.29) is 12.5 Å². The number of ether oxygens (including phenoxy) is 1. The molecule has 0 aromatic heterocycles. The van der Waals surface area contributed by atoms with E-state index in [0.717, 1.165) is 5.56 Å². The minimum Gasteiger partial charge on any atom is -0.444 e. The number of amides is 1. The van der Waals surface area contributed by atoms with E-state index in [9.17, 15) is 9.18 Å². The lowest BCUT2D eigenvalue weighted by Crippen LogP contribution is -2.35. The zero-order valence-electron chi connectivity index (χ0n) is 11.6. The number of hydrogen-bond acceptors (Lipinski definition) is 2. The minimum atomic E-state index is -1.03. The molecule has 0 saturated carbocycles. The molecular formula is C15H20FNO2. The zero-order valence-corrected chi connectivity index (χ0v) is 11.6. The first-order chi connectivity index (χ1) is 8.87. The fourth-order valence-electron chi connectivity index (χ4n) is 2.25. The van der Waals surface area contributed by atoms with Gasteiger partial charge in [-0.15, -0.1) is 0 Å². The molecule has 1 saturated heterocycles. The van der Waals surface area contributed by atoms with Gasteiger partial charge in [-0.2, -0.15) is 0 Å². The van der Waals surface area contributed by atoms with Gasteiger partial charge in [0.05, 0.1) is 6.54 Å². The molecule has 1 aliphatic heterocycles. The number of alkyl halides is 1. The molecule has 2 rings (SSSR count). The van der Waals surface area contributed by atoms with Gasteiger partial charge < -0.3 is 9.64 Å². The molecule has 1 heterocycles. The summed E-state index contributed by atoms with van der Waals surface area (Å²) in [5.74, 6) is -0.256. The van der Waals surface area contributed by atoms with Gasteiger partial charge in [0.15, 0.2) is 0 Å². The predicted octanol–water partition coefficient (Wildman–Crippen LogP) is 3.36. The maximum atomic E-state index is 14.1. The lowest BCUT2D eigenvalue weighted by atomic mass is 9.97. The fourth-order valence-corrected chi connectivity index (χ4v) is 2.25. The van der Waals surface area contributed by atoms with Crippen LogP contribution in [0.25, 0.3) is 0 Å². The summed E-state index contributed by atoms with van der Waals surface area (Å²) in [4.78, 5) is 13.4. The summed E-state index contributed by atoms with van der Waals surface area (Å²) in [6.07, 6.45) is -1.47. The van der Waals surface area contributed by atoms with E-state index >= 15 is 0 Å². The van der Waals surface area contributed by atoms with Crippen molar-refractivity contribution in [1.29, 1.82) is 0 Å². The normalized spacial score (nSPS) is 23.5. The Kier molecular flexibility index (Phi) is 3.78. The number of rotatable bonds is 1. The molecule has 0 unspecified atom stereocenters. The zero-order chi connectivity index (χ0) is 14.0. The molecule has 1 aromatic carbocycles. The largest absolute Gasteiger partial charge is 0.444 e. The van der Waals surface area contributed by atoms with Crippen molar-refractivity contribution in [2.75, 3.05) is 13.1 Å². The summed E-state index contributed by atoms with van der Waals surface area (Å²) in [6, 6.07) is 9.47. The Balaban J connectivity index is 2.04. The van der Waals surface area contributed by atoms with E-state index in [4.69, 9.17) is 4.74 Å². The van der Waals surface area contributed by atoms with Crippen molar-refractivity contribution in [1.82, 2.24) is 4.90 Å². The third kappa shape index (κ3) is 3.46. The lowest BCUT2D eigenvalue weighted by Gasteiger charge is -2.24. The number of likely N-dealkylation sites (tertiary alicyclic amines) is 1. The van der Waals surface area contributed by atoms with Crippen LogP contribution in [0, 0.1) is 0 Å². The van der Waals surface area contributed by atoms with Gasteiger partial charge in [0.25, 0.3) is 0 Å². The third-order valence-corrected chi connectivity index (χ3v) is 3.13. The Morgan fingerprint density at radius 2 is 1.89 bits per heavy atom. The molecule has 0 aliphatic carbocycles. The van der Waals surface area contributed by atoms with Crippen molar-refractivity contribution in [3.8, 4) is 0 Å². The van der Waals surface area contributed by atoms with Crippen molar-refractivity contribution in [2.45, 2.75) is 38.5 Å². The average Bonchev–Trinajstić information content (AvgIpc) is 2.70. The molecular weight excluding hydrogens is 245 g/mol. The molecule has 1 amide bonds. The van der Waals surface area contributed by atoms with Gasteiger partial charge in [-0.25, -0.2) is 9.18 Å². The van der Waals surface area contributed by atoms with Crippen LogP contribution in [0.3, 0.4) is 0 Å². The van der Waals surface area contributed by atoms with E-state index in [1.165, 1.54) is 4.90 Å². The SMILES string of the molecule is CC(C)(C)OC(=O)N1C[C@@H](F)[C@@H](c2ccccc2)C1. The Morgan fingerprint density at radius 3 is 2.47 bits per heavy atom. The van der Waals surface area contributed by atoms with Crippen molar-refractivity contribution in [3.05, 3.63) is 35.9 Å². The second-order valence-corrected chi connectivity index (χ2v) is 5.92. The van der Waals surface area contributed by atoms with Crippen LogP contribution in [0.15, 0.2) is 30.3 Å². The molecule has 1 aromatic rings. The lowest BCUT2D eigenvalue weighted by molar-refractivity contribution is 0.0283. The molecule has 19 heavy (non-hydrogen) atoms. The van der Waals surface area contributed by atoms with Crippen molar-refractivity contribution < 1.29 is 13.9 Å². The molecule has 0 radical (unpaired) electrons. The summed E-state index contributed by atoms with van der Waals surface area (Å²) in [7, 11) is 0. The number of carbonyl (C=O) groups excluding carboxylic acids is 1. The minimum absolute atomic E-state index is 0.106. The highest BCUT2D eigenvalue weighted by molar-refractivity contribution is 5.69. The number of halogens is 1. The topological polar surface area (TPSA) is 29.5 Å². The van der Waals surface area contributed by atoms with Crippen LogP contribution < -0.4 is 0 Å². The van der Waals surface area contributed by atoms with Crippen LogP contribution in [0.1, 0.15) is 32.3 Å². The quantitative estimate of drug-likeness (QED) is 0.779. The molecule has 4 heteroatoms. The molecule has 0 spiro atoms. The van der Waals surface area contributed by atoms with Crippen LogP contribution in [0.4, 0.5) is 9.18 Å². The summed E-state index contributed by atoms with van der Waals surface area (Å²) in [6.45, 7) is 5.91. The highest BCUT2D eigenvalue weighted by atomic mass is 19.1. The maximum Gasteiger partial charge on any atom is 0.410 e. The number of hydrogen-bond donors (Lipinski definition) is 0. The Morgan fingerprint density at radius 1 is 1.26 bits per heavy atom. The molecule has 0 N–H and O–H groups in total. The van der Waals surface area contributed by atoms with Gasteiger partial charge in [0.2, 0.25) is 0 Å². The summed E-state index contributed by atoms with van der Waals surface area (Å²) >= 11 is 0. The molecule has 3 nitrogen and oxygen atoms in total. The first kappa shape index (κ1) is 13.8. The van der Waals surface area contributed by atoms with Gasteiger partial charge in [0.1, 0.15) is 11.8 Å². The highest BCUT2D eigenvalue weighted by Crippen LogP contribution is 2.30. The summed E-state index contributed by atoms with van der Waals surface area (Å²) < 4.78 is 19.3. The van der Waals surface area contributed by atoms with Crippen LogP contribution >= 0.6 is 0 Å². The van der Waals surface area contributed by atoms with Gasteiger partial charge in [-0.05, 0) is 26.3 Å². The van der Waals surface area contributed by atoms with Crippen molar-refractivity contribution >= 4 is 6.09 Å². The summed E-state index contributed by atoms with van der Waals surface area (Å²) in [5, 5.41) is 0. The number of carbonyl (C=O) groups is 1.